The van der Waals surface area contributed by atoms with Gasteiger partial charge in [-0.3, -0.25) is 4.57 Å². The van der Waals surface area contributed by atoms with Crippen LogP contribution in [-0.4, -0.2) is 36.9 Å². The largest absolute Gasteiger partial charge is 0.383 e. The maximum atomic E-state index is 11.5. The normalized spacial score (nSPS) is 11.9. The van der Waals surface area contributed by atoms with Crippen LogP contribution in [0.2, 0.25) is 0 Å². The fourth-order valence-electron chi connectivity index (χ4n) is 1.52. The van der Waals surface area contributed by atoms with Crippen molar-refractivity contribution in [2.45, 2.75) is 11.7 Å². The lowest BCUT2D eigenvalue weighted by Gasteiger charge is -2.07. The van der Waals surface area contributed by atoms with Gasteiger partial charge in [-0.1, -0.05) is 0 Å². The van der Waals surface area contributed by atoms with Crippen molar-refractivity contribution < 1.29 is 13.2 Å². The van der Waals surface area contributed by atoms with Gasteiger partial charge in [-0.25, -0.2) is 13.6 Å². The summed E-state index contributed by atoms with van der Waals surface area (Å²) in [5, 5.41) is 14.4. The molecule has 2 rings (SSSR count). The molecule has 19 heavy (non-hydrogen) atoms. The van der Waals surface area contributed by atoms with E-state index in [1.807, 2.05) is 11.4 Å². The first-order valence-electron chi connectivity index (χ1n) is 5.13. The lowest BCUT2D eigenvalue weighted by molar-refractivity contribution is 0.185. The molecule has 2 aromatic heterocycles. The topological polar surface area (TPSA) is 100 Å². The molecule has 0 aromatic carbocycles. The number of ether oxygens (including phenoxy) is 1. The van der Waals surface area contributed by atoms with Crippen molar-refractivity contribution in [1.82, 2.24) is 14.8 Å². The first-order valence-corrected chi connectivity index (χ1v) is 8.63. The number of hydrogen-bond donors (Lipinski definition) is 1. The number of aromatic nitrogens is 3. The van der Waals surface area contributed by atoms with E-state index in [9.17, 15) is 8.42 Å². The van der Waals surface area contributed by atoms with Gasteiger partial charge in [0.15, 0.2) is 5.82 Å². The molecule has 0 spiro atoms. The van der Waals surface area contributed by atoms with Crippen molar-refractivity contribution in [2.24, 2.45) is 5.14 Å². The number of rotatable bonds is 5. The third-order valence-corrected chi connectivity index (χ3v) is 4.92. The quantitative estimate of drug-likeness (QED) is 0.734. The van der Waals surface area contributed by atoms with Crippen LogP contribution in [0.15, 0.2) is 16.6 Å². The minimum absolute atomic E-state index is 0.249. The van der Waals surface area contributed by atoms with Gasteiger partial charge in [0.1, 0.15) is 0 Å². The van der Waals surface area contributed by atoms with Gasteiger partial charge < -0.3 is 4.74 Å². The highest BCUT2D eigenvalue weighted by atomic mass is 127. The molecule has 7 nitrogen and oxygen atoms in total. The molecule has 0 saturated heterocycles. The number of halogens is 1. The highest BCUT2D eigenvalue weighted by molar-refractivity contribution is 14.1. The number of thiophene rings is 1. The molecule has 0 amide bonds. The van der Waals surface area contributed by atoms with E-state index in [4.69, 9.17) is 9.88 Å². The van der Waals surface area contributed by atoms with Gasteiger partial charge in [0, 0.05) is 18.1 Å². The van der Waals surface area contributed by atoms with E-state index in [0.29, 0.717) is 19.0 Å². The van der Waals surface area contributed by atoms with Gasteiger partial charge >= 0.3 is 0 Å². The summed E-state index contributed by atoms with van der Waals surface area (Å²) in [5.41, 5.74) is 0.813. The van der Waals surface area contributed by atoms with Crippen molar-refractivity contribution in [3.63, 3.8) is 0 Å². The highest BCUT2D eigenvalue weighted by Crippen LogP contribution is 2.26. The van der Waals surface area contributed by atoms with Crippen molar-refractivity contribution in [3.8, 4) is 11.4 Å². The van der Waals surface area contributed by atoms with Crippen molar-refractivity contribution in [2.75, 3.05) is 13.7 Å². The molecule has 0 atom stereocenters. The second kappa shape index (κ2) is 5.83. The SMILES string of the molecule is COCCn1c(-c2csc(I)c2)nnc1S(N)(=O)=O. The van der Waals surface area contributed by atoms with Gasteiger partial charge in [0.05, 0.1) is 16.0 Å². The van der Waals surface area contributed by atoms with E-state index in [0.717, 1.165) is 8.45 Å². The molecule has 0 aliphatic rings. The van der Waals surface area contributed by atoms with Crippen molar-refractivity contribution in [1.29, 1.82) is 0 Å². The molecule has 0 aliphatic carbocycles. The average molecular weight is 414 g/mol. The van der Waals surface area contributed by atoms with E-state index >= 15 is 0 Å². The van der Waals surface area contributed by atoms with Crippen LogP contribution in [0.25, 0.3) is 11.4 Å². The molecule has 2 N–H and O–H groups in total. The van der Waals surface area contributed by atoms with Crippen LogP contribution in [-0.2, 0) is 21.3 Å². The summed E-state index contributed by atoms with van der Waals surface area (Å²) in [5.74, 6) is 0.472. The van der Waals surface area contributed by atoms with E-state index in [1.54, 1.807) is 11.3 Å². The highest BCUT2D eigenvalue weighted by Gasteiger charge is 2.22. The number of methoxy groups -OCH3 is 1. The number of primary sulfonamides is 1. The minimum Gasteiger partial charge on any atom is -0.383 e. The summed E-state index contributed by atoms with van der Waals surface area (Å²) in [6, 6.07) is 1.91. The molecule has 2 aromatic rings. The summed E-state index contributed by atoms with van der Waals surface area (Å²) in [6.45, 7) is 0.659. The first-order chi connectivity index (χ1) is 8.93. The number of nitrogens with two attached hydrogens (primary N) is 1. The predicted molar refractivity (Wildman–Crippen MR) is 79.3 cm³/mol. The summed E-state index contributed by atoms with van der Waals surface area (Å²) in [7, 11) is -2.37. The second-order valence-corrected chi connectivity index (χ2v) is 7.90. The fraction of sp³-hybridized carbons (Fsp3) is 0.333. The average Bonchev–Trinajstić information content (AvgIpc) is 2.91. The van der Waals surface area contributed by atoms with Gasteiger partial charge in [-0.2, -0.15) is 0 Å². The molecule has 2 heterocycles. The monoisotopic (exact) mass is 414 g/mol. The predicted octanol–water partition coefficient (Wildman–Crippen LogP) is 0.905. The molecule has 104 valence electrons. The molecule has 10 heteroatoms. The third-order valence-electron chi connectivity index (χ3n) is 2.32. The Morgan fingerprint density at radius 2 is 2.26 bits per heavy atom. The maximum Gasteiger partial charge on any atom is 0.273 e. The molecule has 0 radical (unpaired) electrons. The Kier molecular flexibility index (Phi) is 4.55. The Morgan fingerprint density at radius 1 is 1.53 bits per heavy atom. The number of hydrogen-bond acceptors (Lipinski definition) is 6. The van der Waals surface area contributed by atoms with E-state index in [2.05, 4.69) is 32.8 Å². The second-order valence-electron chi connectivity index (χ2n) is 3.64. The summed E-state index contributed by atoms with van der Waals surface area (Å²) < 4.78 is 30.5. The zero-order valence-electron chi connectivity index (χ0n) is 9.91. The van der Waals surface area contributed by atoms with Crippen LogP contribution in [0.3, 0.4) is 0 Å². The van der Waals surface area contributed by atoms with Crippen LogP contribution in [0.4, 0.5) is 0 Å². The molecule has 0 unspecified atom stereocenters. The third kappa shape index (κ3) is 3.31. The Hall–Kier alpha value is -0.560. The van der Waals surface area contributed by atoms with Crippen molar-refractivity contribution in [3.05, 3.63) is 14.3 Å². The molecule has 0 fully saturated rings. The standard InChI is InChI=1S/C9H11IN4O3S2/c1-17-3-2-14-8(6-4-7(10)18-5-6)12-13-9(14)19(11,15)16/h4-5H,2-3H2,1H3,(H2,11,15,16). The van der Waals surface area contributed by atoms with Crippen LogP contribution in [0.5, 0.6) is 0 Å². The smallest absolute Gasteiger partial charge is 0.273 e. The van der Waals surface area contributed by atoms with Crippen LogP contribution >= 0.6 is 33.9 Å². The number of sulfonamides is 1. The molecular weight excluding hydrogens is 403 g/mol. The number of nitrogens with zero attached hydrogens (tertiary/aromatic N) is 3. The van der Waals surface area contributed by atoms with Gasteiger partial charge in [-0.05, 0) is 28.7 Å². The fourth-order valence-corrected chi connectivity index (χ4v) is 3.49. The molecule has 0 bridgehead atoms. The lowest BCUT2D eigenvalue weighted by Crippen LogP contribution is -2.20. The Labute approximate surface area is 128 Å². The van der Waals surface area contributed by atoms with Gasteiger partial charge in [-0.15, -0.1) is 21.5 Å². The molecule has 0 saturated carbocycles. The lowest BCUT2D eigenvalue weighted by atomic mass is 10.3. The van der Waals surface area contributed by atoms with Gasteiger partial charge in [0.2, 0.25) is 0 Å². The minimum atomic E-state index is -3.91. The van der Waals surface area contributed by atoms with Crippen LogP contribution in [0.1, 0.15) is 0 Å². The maximum absolute atomic E-state index is 11.5. The van der Waals surface area contributed by atoms with E-state index in [-0.39, 0.29) is 5.16 Å². The van der Waals surface area contributed by atoms with E-state index in [1.165, 1.54) is 11.7 Å². The Bertz CT molecular complexity index is 679. The van der Waals surface area contributed by atoms with Crippen LogP contribution in [0, 0.1) is 2.88 Å². The zero-order valence-corrected chi connectivity index (χ0v) is 13.7. The van der Waals surface area contributed by atoms with Gasteiger partial charge in [0.25, 0.3) is 15.2 Å². The Morgan fingerprint density at radius 3 is 2.79 bits per heavy atom. The summed E-state index contributed by atoms with van der Waals surface area (Å²) >= 11 is 3.73. The molecule has 0 aliphatic heterocycles. The first kappa shape index (κ1) is 14.8. The molecular formula is C9H11IN4O3S2. The Balaban J connectivity index is 2.52. The van der Waals surface area contributed by atoms with E-state index < -0.39 is 10.0 Å². The van der Waals surface area contributed by atoms with Crippen molar-refractivity contribution >= 4 is 44.0 Å². The summed E-state index contributed by atoms with van der Waals surface area (Å²) in [6.07, 6.45) is 0. The van der Waals surface area contributed by atoms with Crippen LogP contribution < -0.4 is 5.14 Å². The zero-order chi connectivity index (χ0) is 14.0. The summed E-state index contributed by atoms with van der Waals surface area (Å²) in [4.78, 5) is 0.